The van der Waals surface area contributed by atoms with Crippen LogP contribution in [0.4, 0.5) is 0 Å². The lowest BCUT2D eigenvalue weighted by molar-refractivity contribution is 0.0955. The van der Waals surface area contributed by atoms with Crippen molar-refractivity contribution in [2.45, 2.75) is 6.61 Å². The molecule has 2 aromatic rings. The van der Waals surface area contributed by atoms with Gasteiger partial charge < -0.3 is 5.11 Å². The molecule has 1 amide bonds. The predicted molar refractivity (Wildman–Crippen MR) is 69.5 cm³/mol. The van der Waals surface area contributed by atoms with Crippen LogP contribution in [0.2, 0.25) is 0 Å². The minimum atomic E-state index is -0.345. The molecule has 2 aromatic heterocycles. The van der Waals surface area contributed by atoms with Gasteiger partial charge >= 0.3 is 0 Å². The lowest BCUT2D eigenvalue weighted by atomic mass is 10.3. The zero-order valence-electron chi connectivity index (χ0n) is 10.0. The molecule has 0 fully saturated rings. The maximum Gasteiger partial charge on any atom is 0.272 e. The van der Waals surface area contributed by atoms with Crippen LogP contribution >= 0.6 is 0 Å². The second-order valence-electron chi connectivity index (χ2n) is 3.65. The molecule has 0 aliphatic heterocycles. The molecule has 0 spiro atoms. The van der Waals surface area contributed by atoms with Crippen molar-refractivity contribution < 1.29 is 9.90 Å². The van der Waals surface area contributed by atoms with Crippen molar-refractivity contribution >= 4 is 12.1 Å². The Bertz CT molecular complexity index is 584. The van der Waals surface area contributed by atoms with Crippen LogP contribution in [0.3, 0.4) is 0 Å². The maximum absolute atomic E-state index is 11.6. The molecule has 2 heterocycles. The summed E-state index contributed by atoms with van der Waals surface area (Å²) in [7, 11) is 0. The quantitative estimate of drug-likeness (QED) is 0.623. The predicted octanol–water partition coefficient (Wildman–Crippen LogP) is 0.733. The van der Waals surface area contributed by atoms with Gasteiger partial charge in [-0.1, -0.05) is 6.07 Å². The van der Waals surface area contributed by atoms with Crippen LogP contribution in [0.15, 0.2) is 47.8 Å². The fraction of sp³-hybridized carbons (Fsp3) is 0.0769. The average molecular weight is 256 g/mol. The molecule has 0 aliphatic rings. The van der Waals surface area contributed by atoms with Gasteiger partial charge in [-0.15, -0.1) is 0 Å². The van der Waals surface area contributed by atoms with Crippen molar-refractivity contribution in [1.29, 1.82) is 0 Å². The van der Waals surface area contributed by atoms with E-state index in [0.29, 0.717) is 17.0 Å². The Labute approximate surface area is 109 Å². The number of hydrazone groups is 1. The van der Waals surface area contributed by atoms with Crippen LogP contribution in [-0.2, 0) is 6.61 Å². The van der Waals surface area contributed by atoms with Crippen molar-refractivity contribution in [1.82, 2.24) is 15.4 Å². The summed E-state index contributed by atoms with van der Waals surface area (Å²) >= 11 is 0. The number of pyridine rings is 2. The minimum Gasteiger partial charge on any atom is -0.390 e. The number of nitrogens with zero attached hydrogens (tertiary/aromatic N) is 3. The van der Waals surface area contributed by atoms with E-state index in [-0.39, 0.29) is 12.5 Å². The van der Waals surface area contributed by atoms with E-state index in [1.165, 1.54) is 12.4 Å². The van der Waals surface area contributed by atoms with Gasteiger partial charge in [-0.2, -0.15) is 5.10 Å². The van der Waals surface area contributed by atoms with Crippen molar-refractivity contribution in [3.05, 3.63) is 59.7 Å². The van der Waals surface area contributed by atoms with Gasteiger partial charge in [0, 0.05) is 12.4 Å². The van der Waals surface area contributed by atoms with Gasteiger partial charge in [0.1, 0.15) is 0 Å². The molecule has 6 heteroatoms. The minimum absolute atomic E-state index is 0.135. The van der Waals surface area contributed by atoms with Crippen LogP contribution < -0.4 is 5.43 Å². The monoisotopic (exact) mass is 256 g/mol. The number of aromatic nitrogens is 2. The van der Waals surface area contributed by atoms with E-state index in [1.54, 1.807) is 36.5 Å². The smallest absolute Gasteiger partial charge is 0.272 e. The fourth-order valence-corrected chi connectivity index (χ4v) is 1.38. The first-order valence-corrected chi connectivity index (χ1v) is 5.60. The Morgan fingerprint density at radius 1 is 1.37 bits per heavy atom. The molecule has 0 saturated heterocycles. The molecule has 0 bridgehead atoms. The molecule has 6 nitrogen and oxygen atoms in total. The molecule has 0 saturated carbocycles. The van der Waals surface area contributed by atoms with Crippen molar-refractivity contribution in [3.63, 3.8) is 0 Å². The van der Waals surface area contributed by atoms with E-state index in [0.717, 1.165) is 0 Å². The number of nitrogens with one attached hydrogen (secondary N) is 1. The normalized spacial score (nSPS) is 10.6. The van der Waals surface area contributed by atoms with Crippen molar-refractivity contribution in [3.8, 4) is 0 Å². The highest BCUT2D eigenvalue weighted by atomic mass is 16.3. The van der Waals surface area contributed by atoms with Gasteiger partial charge in [0.25, 0.3) is 5.91 Å². The number of carbonyl (C=O) groups is 1. The lowest BCUT2D eigenvalue weighted by Gasteiger charge is -1.99. The SMILES string of the molecule is O=C(N/N=C/c1cccc(CO)n1)c1cccnc1. The Kier molecular flexibility index (Phi) is 4.30. The first-order chi connectivity index (χ1) is 9.29. The topological polar surface area (TPSA) is 87.5 Å². The van der Waals surface area contributed by atoms with Crippen molar-refractivity contribution in [2.24, 2.45) is 5.10 Å². The number of hydrogen-bond acceptors (Lipinski definition) is 5. The summed E-state index contributed by atoms with van der Waals surface area (Å²) in [6.45, 7) is -0.135. The summed E-state index contributed by atoms with van der Waals surface area (Å²) in [4.78, 5) is 19.6. The van der Waals surface area contributed by atoms with Gasteiger partial charge in [0.15, 0.2) is 0 Å². The van der Waals surface area contributed by atoms with E-state index < -0.39 is 0 Å². The summed E-state index contributed by atoms with van der Waals surface area (Å²) in [5.74, 6) is -0.345. The van der Waals surface area contributed by atoms with Crippen LogP contribution in [-0.4, -0.2) is 27.2 Å². The third-order valence-corrected chi connectivity index (χ3v) is 2.28. The van der Waals surface area contributed by atoms with Gasteiger partial charge in [0.05, 0.1) is 29.8 Å². The third kappa shape index (κ3) is 3.68. The van der Waals surface area contributed by atoms with E-state index in [9.17, 15) is 4.79 Å². The molecule has 0 atom stereocenters. The largest absolute Gasteiger partial charge is 0.390 e. The Morgan fingerprint density at radius 2 is 2.26 bits per heavy atom. The van der Waals surface area contributed by atoms with Crippen LogP contribution in [0.25, 0.3) is 0 Å². The first kappa shape index (κ1) is 12.8. The summed E-state index contributed by atoms with van der Waals surface area (Å²) in [5.41, 5.74) is 3.90. The zero-order chi connectivity index (χ0) is 13.5. The molecule has 19 heavy (non-hydrogen) atoms. The van der Waals surface area contributed by atoms with Gasteiger partial charge in [0.2, 0.25) is 0 Å². The molecule has 0 unspecified atom stereocenters. The van der Waals surface area contributed by atoms with E-state index in [4.69, 9.17) is 5.11 Å². The molecule has 2 rings (SSSR count). The summed E-state index contributed by atoms with van der Waals surface area (Å²) in [6, 6.07) is 8.49. The Balaban J connectivity index is 1.98. The molecule has 0 aromatic carbocycles. The number of amides is 1. The van der Waals surface area contributed by atoms with Crippen LogP contribution in [0.1, 0.15) is 21.7 Å². The van der Waals surface area contributed by atoms with Gasteiger partial charge in [-0.25, -0.2) is 10.4 Å². The number of rotatable bonds is 4. The van der Waals surface area contributed by atoms with Gasteiger partial charge in [-0.3, -0.25) is 9.78 Å². The number of carbonyl (C=O) groups excluding carboxylic acids is 1. The Hall–Kier alpha value is -2.60. The highest BCUT2D eigenvalue weighted by molar-refractivity contribution is 5.94. The number of aliphatic hydroxyl groups is 1. The fourth-order valence-electron chi connectivity index (χ4n) is 1.38. The molecule has 0 aliphatic carbocycles. The number of aliphatic hydroxyl groups excluding tert-OH is 1. The molecular weight excluding hydrogens is 244 g/mol. The second-order valence-corrected chi connectivity index (χ2v) is 3.65. The third-order valence-electron chi connectivity index (χ3n) is 2.28. The summed E-state index contributed by atoms with van der Waals surface area (Å²) < 4.78 is 0. The first-order valence-electron chi connectivity index (χ1n) is 5.60. The van der Waals surface area contributed by atoms with Crippen LogP contribution in [0, 0.1) is 0 Å². The molecule has 96 valence electrons. The van der Waals surface area contributed by atoms with Gasteiger partial charge in [-0.05, 0) is 24.3 Å². The van der Waals surface area contributed by atoms with E-state index in [1.807, 2.05) is 0 Å². The summed E-state index contributed by atoms with van der Waals surface area (Å²) in [6.07, 6.45) is 4.45. The highest BCUT2D eigenvalue weighted by Gasteiger charge is 2.02. The maximum atomic E-state index is 11.6. The summed E-state index contributed by atoms with van der Waals surface area (Å²) in [5, 5.41) is 12.7. The zero-order valence-corrected chi connectivity index (χ0v) is 10.0. The van der Waals surface area contributed by atoms with E-state index >= 15 is 0 Å². The number of hydrogen-bond donors (Lipinski definition) is 2. The molecular formula is C13H12N4O2. The highest BCUT2D eigenvalue weighted by Crippen LogP contribution is 1.97. The Morgan fingerprint density at radius 3 is 3.00 bits per heavy atom. The standard InChI is InChI=1S/C13H12N4O2/c18-9-12-5-1-4-11(16-12)8-15-17-13(19)10-3-2-6-14-7-10/h1-8,18H,9H2,(H,17,19)/b15-8+. The average Bonchev–Trinajstić information content (AvgIpc) is 2.48. The second kappa shape index (κ2) is 6.36. The van der Waals surface area contributed by atoms with Crippen molar-refractivity contribution in [2.75, 3.05) is 0 Å². The molecule has 0 radical (unpaired) electrons. The van der Waals surface area contributed by atoms with Crippen LogP contribution in [0.5, 0.6) is 0 Å². The van der Waals surface area contributed by atoms with E-state index in [2.05, 4.69) is 20.5 Å². The molecule has 2 N–H and O–H groups in total. The lowest BCUT2D eigenvalue weighted by Crippen LogP contribution is -2.17.